The molecule has 6 heteroatoms. The largest absolute Gasteiger partial charge is 0.392 e. The van der Waals surface area contributed by atoms with Crippen molar-refractivity contribution in [2.24, 2.45) is 11.1 Å². The molecule has 1 heterocycles. The second-order valence-electron chi connectivity index (χ2n) is 3.95. The monoisotopic (exact) mass is 255 g/mol. The second kappa shape index (κ2) is 4.47. The number of carbonyl (C=O) groups is 1. The third-order valence-corrected chi connectivity index (χ3v) is 4.19. The Morgan fingerprint density at radius 2 is 2.44 bits per heavy atom. The number of nitrogens with one attached hydrogen (secondary N) is 1. The number of nitrogens with zero attached hydrogens (tertiary/aromatic N) is 1. The molecule has 1 aromatic heterocycles. The second-order valence-corrected chi connectivity index (χ2v) is 5.36. The van der Waals surface area contributed by atoms with Gasteiger partial charge in [-0.1, -0.05) is 18.6 Å². The first-order valence-corrected chi connectivity index (χ1v) is 6.39. The molecular formula is C10H13N3OS2. The Kier molecular flexibility index (Phi) is 3.20. The van der Waals surface area contributed by atoms with E-state index in [2.05, 4.69) is 10.3 Å². The molecule has 4 nitrogen and oxygen atoms in total. The van der Waals surface area contributed by atoms with Crippen LogP contribution in [0.2, 0.25) is 0 Å². The SMILES string of the molecule is NC(=S)C1(C(=O)NCc2cncs2)CCC1. The van der Waals surface area contributed by atoms with Crippen molar-refractivity contribution < 1.29 is 4.79 Å². The minimum absolute atomic E-state index is 0.0420. The van der Waals surface area contributed by atoms with Gasteiger partial charge < -0.3 is 11.1 Å². The third-order valence-electron chi connectivity index (χ3n) is 3.02. The van der Waals surface area contributed by atoms with Crippen molar-refractivity contribution >= 4 is 34.5 Å². The quantitative estimate of drug-likeness (QED) is 0.794. The van der Waals surface area contributed by atoms with E-state index in [-0.39, 0.29) is 5.91 Å². The minimum atomic E-state index is -0.583. The zero-order valence-electron chi connectivity index (χ0n) is 8.73. The lowest BCUT2D eigenvalue weighted by atomic mass is 9.68. The van der Waals surface area contributed by atoms with Crippen molar-refractivity contribution in [3.05, 3.63) is 16.6 Å². The van der Waals surface area contributed by atoms with Crippen LogP contribution in [0.25, 0.3) is 0 Å². The van der Waals surface area contributed by atoms with E-state index >= 15 is 0 Å². The summed E-state index contributed by atoms with van der Waals surface area (Å²) in [5.74, 6) is -0.0420. The maximum atomic E-state index is 12.0. The number of nitrogens with two attached hydrogens (primary N) is 1. The molecule has 1 aliphatic rings. The number of rotatable bonds is 4. The first-order valence-electron chi connectivity index (χ1n) is 5.11. The lowest BCUT2D eigenvalue weighted by Gasteiger charge is -2.39. The summed E-state index contributed by atoms with van der Waals surface area (Å²) in [4.78, 5) is 17.3. The van der Waals surface area contributed by atoms with Crippen LogP contribution >= 0.6 is 23.6 Å². The summed E-state index contributed by atoms with van der Waals surface area (Å²) in [6, 6.07) is 0. The van der Waals surface area contributed by atoms with Crippen LogP contribution in [0.4, 0.5) is 0 Å². The molecule has 0 saturated heterocycles. The predicted molar refractivity (Wildman–Crippen MR) is 67.0 cm³/mol. The topological polar surface area (TPSA) is 68.0 Å². The molecule has 0 bridgehead atoms. The highest BCUT2D eigenvalue weighted by atomic mass is 32.1. The molecule has 16 heavy (non-hydrogen) atoms. The summed E-state index contributed by atoms with van der Waals surface area (Å²) in [5, 5.41) is 2.87. The van der Waals surface area contributed by atoms with Crippen molar-refractivity contribution in [1.82, 2.24) is 10.3 Å². The molecule has 0 spiro atoms. The van der Waals surface area contributed by atoms with E-state index in [9.17, 15) is 4.79 Å². The van der Waals surface area contributed by atoms with Crippen LogP contribution in [-0.2, 0) is 11.3 Å². The zero-order chi connectivity index (χ0) is 11.6. The minimum Gasteiger partial charge on any atom is -0.392 e. The Morgan fingerprint density at radius 3 is 2.88 bits per heavy atom. The van der Waals surface area contributed by atoms with Crippen LogP contribution in [-0.4, -0.2) is 15.9 Å². The molecule has 86 valence electrons. The van der Waals surface area contributed by atoms with Crippen LogP contribution in [0.5, 0.6) is 0 Å². The third kappa shape index (κ3) is 1.94. The highest BCUT2D eigenvalue weighted by Crippen LogP contribution is 2.41. The normalized spacial score (nSPS) is 17.5. The summed E-state index contributed by atoms with van der Waals surface area (Å²) in [6.45, 7) is 0.508. The van der Waals surface area contributed by atoms with Gasteiger partial charge in [-0.3, -0.25) is 9.78 Å². The van der Waals surface area contributed by atoms with Gasteiger partial charge in [-0.25, -0.2) is 0 Å². The molecule has 0 atom stereocenters. The van der Waals surface area contributed by atoms with Crippen LogP contribution in [0, 0.1) is 5.41 Å². The zero-order valence-corrected chi connectivity index (χ0v) is 10.4. The molecule has 1 fully saturated rings. The van der Waals surface area contributed by atoms with Gasteiger partial charge in [0.1, 0.15) is 0 Å². The van der Waals surface area contributed by atoms with Gasteiger partial charge in [0.25, 0.3) is 0 Å². The maximum absolute atomic E-state index is 12.0. The first kappa shape index (κ1) is 11.5. The Hall–Kier alpha value is -1.01. The molecule has 2 rings (SSSR count). The van der Waals surface area contributed by atoms with E-state index in [1.165, 1.54) is 11.3 Å². The smallest absolute Gasteiger partial charge is 0.233 e. The predicted octanol–water partition coefficient (Wildman–Crippen LogP) is 1.22. The van der Waals surface area contributed by atoms with E-state index in [4.69, 9.17) is 18.0 Å². The molecule has 1 saturated carbocycles. The number of aromatic nitrogens is 1. The number of carbonyl (C=O) groups excluding carboxylic acids is 1. The van der Waals surface area contributed by atoms with Crippen molar-refractivity contribution in [2.75, 3.05) is 0 Å². The molecule has 0 unspecified atom stereocenters. The highest BCUT2D eigenvalue weighted by Gasteiger charge is 2.46. The fraction of sp³-hybridized carbons (Fsp3) is 0.500. The fourth-order valence-corrected chi connectivity index (χ4v) is 2.61. The van der Waals surface area contributed by atoms with Crippen LogP contribution in [0.3, 0.4) is 0 Å². The number of hydrogen-bond acceptors (Lipinski definition) is 4. The van der Waals surface area contributed by atoms with E-state index < -0.39 is 5.41 Å². The first-order chi connectivity index (χ1) is 7.65. The van der Waals surface area contributed by atoms with Crippen molar-refractivity contribution in [3.63, 3.8) is 0 Å². The van der Waals surface area contributed by atoms with Gasteiger partial charge in [0.15, 0.2) is 0 Å². The molecule has 0 aromatic carbocycles. The molecule has 3 N–H and O–H groups in total. The number of thiazole rings is 1. The molecule has 0 radical (unpaired) electrons. The van der Waals surface area contributed by atoms with E-state index in [1.54, 1.807) is 11.7 Å². The van der Waals surface area contributed by atoms with Gasteiger partial charge in [0.2, 0.25) is 5.91 Å². The number of amides is 1. The molecular weight excluding hydrogens is 242 g/mol. The van der Waals surface area contributed by atoms with Gasteiger partial charge in [-0.2, -0.15) is 0 Å². The van der Waals surface area contributed by atoms with Gasteiger partial charge in [-0.05, 0) is 12.8 Å². The summed E-state index contributed by atoms with van der Waals surface area (Å²) in [5.41, 5.74) is 6.80. The van der Waals surface area contributed by atoms with E-state index in [1.807, 2.05) is 0 Å². The summed E-state index contributed by atoms with van der Waals surface area (Å²) < 4.78 is 0. The van der Waals surface area contributed by atoms with Crippen LogP contribution in [0.15, 0.2) is 11.7 Å². The van der Waals surface area contributed by atoms with Gasteiger partial charge in [0, 0.05) is 11.1 Å². The number of hydrogen-bond donors (Lipinski definition) is 2. The van der Waals surface area contributed by atoms with E-state index in [0.29, 0.717) is 11.5 Å². The summed E-state index contributed by atoms with van der Waals surface area (Å²) in [6.07, 6.45) is 4.32. The molecule has 1 amide bonds. The van der Waals surface area contributed by atoms with Gasteiger partial charge in [0.05, 0.1) is 22.5 Å². The van der Waals surface area contributed by atoms with Crippen molar-refractivity contribution in [1.29, 1.82) is 0 Å². The Balaban J connectivity index is 1.95. The fourth-order valence-electron chi connectivity index (χ4n) is 1.78. The summed E-state index contributed by atoms with van der Waals surface area (Å²) >= 11 is 6.50. The Labute approximate surface area is 103 Å². The average molecular weight is 255 g/mol. The Morgan fingerprint density at radius 1 is 1.69 bits per heavy atom. The molecule has 1 aliphatic carbocycles. The van der Waals surface area contributed by atoms with Gasteiger partial charge in [-0.15, -0.1) is 11.3 Å². The molecule has 1 aromatic rings. The highest BCUT2D eigenvalue weighted by molar-refractivity contribution is 7.80. The lowest BCUT2D eigenvalue weighted by molar-refractivity contribution is -0.130. The lowest BCUT2D eigenvalue weighted by Crippen LogP contribution is -2.52. The van der Waals surface area contributed by atoms with Gasteiger partial charge >= 0.3 is 0 Å². The maximum Gasteiger partial charge on any atom is 0.233 e. The Bertz CT molecular complexity index is 398. The van der Waals surface area contributed by atoms with Crippen LogP contribution in [0.1, 0.15) is 24.1 Å². The average Bonchev–Trinajstić information content (AvgIpc) is 2.64. The molecule has 0 aliphatic heterocycles. The standard InChI is InChI=1S/C10H13N3OS2/c11-8(15)10(2-1-3-10)9(14)13-5-7-4-12-6-16-7/h4,6H,1-3,5H2,(H2,11,15)(H,13,14). The van der Waals surface area contributed by atoms with Crippen LogP contribution < -0.4 is 11.1 Å². The number of thiocarbonyl (C=S) groups is 1. The summed E-state index contributed by atoms with van der Waals surface area (Å²) in [7, 11) is 0. The van der Waals surface area contributed by atoms with E-state index in [0.717, 1.165) is 24.1 Å². The van der Waals surface area contributed by atoms with Crippen molar-refractivity contribution in [2.45, 2.75) is 25.8 Å². The van der Waals surface area contributed by atoms with Crippen molar-refractivity contribution in [3.8, 4) is 0 Å².